The SMILES string of the molecule is Cc1ccc2nc(COc3cccc(C(=O)N4CC(C)OC(C)C4)c3)cn2c1. The zero-order chi connectivity index (χ0) is 19.7. The minimum atomic E-state index is 0.00987. The van der Waals surface area contributed by atoms with Gasteiger partial charge in [0.2, 0.25) is 0 Å². The van der Waals surface area contributed by atoms with Gasteiger partial charge in [-0.3, -0.25) is 4.79 Å². The van der Waals surface area contributed by atoms with Crippen molar-refractivity contribution in [2.75, 3.05) is 13.1 Å². The highest BCUT2D eigenvalue weighted by Crippen LogP contribution is 2.19. The monoisotopic (exact) mass is 379 g/mol. The van der Waals surface area contributed by atoms with Crippen molar-refractivity contribution in [1.82, 2.24) is 14.3 Å². The van der Waals surface area contributed by atoms with Gasteiger partial charge in [0.1, 0.15) is 18.0 Å². The molecule has 0 radical (unpaired) electrons. The summed E-state index contributed by atoms with van der Waals surface area (Å²) in [5.41, 5.74) is 3.54. The van der Waals surface area contributed by atoms with Crippen LogP contribution in [0, 0.1) is 6.92 Å². The highest BCUT2D eigenvalue weighted by atomic mass is 16.5. The van der Waals surface area contributed by atoms with Crippen LogP contribution in [-0.4, -0.2) is 45.5 Å². The normalized spacial score (nSPS) is 19.8. The first-order chi connectivity index (χ1) is 13.5. The number of benzene rings is 1. The van der Waals surface area contributed by atoms with Crippen LogP contribution in [0.25, 0.3) is 5.65 Å². The van der Waals surface area contributed by atoms with Crippen molar-refractivity contribution in [2.45, 2.75) is 39.6 Å². The van der Waals surface area contributed by atoms with Crippen molar-refractivity contribution >= 4 is 11.6 Å². The van der Waals surface area contributed by atoms with E-state index < -0.39 is 0 Å². The summed E-state index contributed by atoms with van der Waals surface area (Å²) < 4.78 is 13.6. The number of fused-ring (bicyclic) bond motifs is 1. The fourth-order valence-electron chi connectivity index (χ4n) is 3.63. The van der Waals surface area contributed by atoms with E-state index in [9.17, 15) is 4.79 Å². The number of hydrogen-bond donors (Lipinski definition) is 0. The third-order valence-corrected chi connectivity index (χ3v) is 4.82. The molecule has 0 aliphatic carbocycles. The quantitative estimate of drug-likeness (QED) is 0.697. The fourth-order valence-corrected chi connectivity index (χ4v) is 3.63. The number of hydrogen-bond acceptors (Lipinski definition) is 4. The summed E-state index contributed by atoms with van der Waals surface area (Å²) in [6.07, 6.45) is 4.10. The zero-order valence-corrected chi connectivity index (χ0v) is 16.5. The predicted octanol–water partition coefficient (Wildman–Crippen LogP) is 3.47. The van der Waals surface area contributed by atoms with Gasteiger partial charge in [-0.2, -0.15) is 0 Å². The second-order valence-electron chi connectivity index (χ2n) is 7.49. The Labute approximate surface area is 164 Å². The number of aryl methyl sites for hydroxylation is 1. The summed E-state index contributed by atoms with van der Waals surface area (Å²) >= 11 is 0. The lowest BCUT2D eigenvalue weighted by Crippen LogP contribution is -2.48. The van der Waals surface area contributed by atoms with Crippen LogP contribution in [0.3, 0.4) is 0 Å². The molecular formula is C22H25N3O3. The van der Waals surface area contributed by atoms with E-state index in [2.05, 4.69) is 4.98 Å². The van der Waals surface area contributed by atoms with Crippen LogP contribution in [0.2, 0.25) is 0 Å². The lowest BCUT2D eigenvalue weighted by Gasteiger charge is -2.35. The first-order valence-corrected chi connectivity index (χ1v) is 9.60. The summed E-state index contributed by atoms with van der Waals surface area (Å²) in [4.78, 5) is 19.3. The van der Waals surface area contributed by atoms with E-state index in [-0.39, 0.29) is 18.1 Å². The van der Waals surface area contributed by atoms with Crippen molar-refractivity contribution in [2.24, 2.45) is 0 Å². The molecule has 28 heavy (non-hydrogen) atoms. The summed E-state index contributed by atoms with van der Waals surface area (Å²) in [7, 11) is 0. The molecule has 0 spiro atoms. The number of ether oxygens (including phenoxy) is 2. The molecule has 3 heterocycles. The van der Waals surface area contributed by atoms with Crippen LogP contribution in [0.15, 0.2) is 48.8 Å². The van der Waals surface area contributed by atoms with Crippen LogP contribution in [-0.2, 0) is 11.3 Å². The van der Waals surface area contributed by atoms with Gasteiger partial charge >= 0.3 is 0 Å². The Bertz CT molecular complexity index is 988. The molecule has 1 amide bonds. The molecule has 0 N–H and O–H groups in total. The third-order valence-electron chi connectivity index (χ3n) is 4.82. The van der Waals surface area contributed by atoms with Gasteiger partial charge in [-0.15, -0.1) is 0 Å². The molecule has 2 atom stereocenters. The molecule has 146 valence electrons. The number of aromatic nitrogens is 2. The molecule has 4 rings (SSSR count). The van der Waals surface area contributed by atoms with Gasteiger partial charge < -0.3 is 18.8 Å². The molecule has 1 saturated heterocycles. The zero-order valence-electron chi connectivity index (χ0n) is 16.5. The van der Waals surface area contributed by atoms with Crippen molar-refractivity contribution in [3.05, 3.63) is 65.6 Å². The Morgan fingerprint density at radius 1 is 1.18 bits per heavy atom. The molecule has 1 aromatic carbocycles. The van der Waals surface area contributed by atoms with Gasteiger partial charge in [0.05, 0.1) is 17.9 Å². The van der Waals surface area contributed by atoms with Crippen molar-refractivity contribution in [1.29, 1.82) is 0 Å². The molecule has 1 fully saturated rings. The largest absolute Gasteiger partial charge is 0.487 e. The van der Waals surface area contributed by atoms with Crippen LogP contribution < -0.4 is 4.74 Å². The maximum absolute atomic E-state index is 12.9. The highest BCUT2D eigenvalue weighted by molar-refractivity contribution is 5.94. The average molecular weight is 379 g/mol. The maximum atomic E-state index is 12.9. The summed E-state index contributed by atoms with van der Waals surface area (Å²) in [5.74, 6) is 0.670. The topological polar surface area (TPSA) is 56.1 Å². The first kappa shape index (κ1) is 18.5. The molecule has 2 unspecified atom stereocenters. The molecule has 3 aromatic rings. The van der Waals surface area contributed by atoms with E-state index in [0.29, 0.717) is 31.0 Å². The van der Waals surface area contributed by atoms with Crippen LogP contribution in [0.1, 0.15) is 35.5 Å². The maximum Gasteiger partial charge on any atom is 0.254 e. The number of carbonyl (C=O) groups excluding carboxylic acids is 1. The summed E-state index contributed by atoms with van der Waals surface area (Å²) in [6, 6.07) is 11.4. The minimum Gasteiger partial charge on any atom is -0.487 e. The van der Waals surface area contributed by atoms with Gasteiger partial charge in [-0.1, -0.05) is 12.1 Å². The second kappa shape index (κ2) is 7.64. The smallest absolute Gasteiger partial charge is 0.254 e. The lowest BCUT2D eigenvalue weighted by molar-refractivity contribution is -0.0586. The van der Waals surface area contributed by atoms with Crippen LogP contribution in [0.4, 0.5) is 0 Å². The number of pyridine rings is 1. The standard InChI is InChI=1S/C22H25N3O3/c1-15-7-8-21-23-19(13-24(21)10-15)14-27-20-6-4-5-18(9-20)22(26)25-11-16(2)28-17(3)12-25/h4-10,13,16-17H,11-12,14H2,1-3H3. The molecule has 0 saturated carbocycles. The minimum absolute atomic E-state index is 0.00987. The molecule has 0 bridgehead atoms. The molecular weight excluding hydrogens is 354 g/mol. The molecule has 6 nitrogen and oxygen atoms in total. The van der Waals surface area contributed by atoms with Crippen LogP contribution >= 0.6 is 0 Å². The highest BCUT2D eigenvalue weighted by Gasteiger charge is 2.26. The second-order valence-corrected chi connectivity index (χ2v) is 7.49. The first-order valence-electron chi connectivity index (χ1n) is 9.60. The van der Waals surface area contributed by atoms with Gasteiger partial charge in [0.25, 0.3) is 5.91 Å². The molecule has 2 aromatic heterocycles. The van der Waals surface area contributed by atoms with Crippen molar-refractivity contribution in [3.63, 3.8) is 0 Å². The number of nitrogens with zero attached hydrogens (tertiary/aromatic N) is 3. The Hall–Kier alpha value is -2.86. The lowest BCUT2D eigenvalue weighted by atomic mass is 10.1. The van der Waals surface area contributed by atoms with Gasteiger partial charge in [-0.25, -0.2) is 4.98 Å². The van der Waals surface area contributed by atoms with E-state index in [0.717, 1.165) is 11.3 Å². The van der Waals surface area contributed by atoms with Crippen LogP contribution in [0.5, 0.6) is 5.75 Å². The Morgan fingerprint density at radius 3 is 2.75 bits per heavy atom. The van der Waals surface area contributed by atoms with Gasteiger partial charge in [0, 0.05) is 31.0 Å². The van der Waals surface area contributed by atoms with E-state index in [1.165, 1.54) is 5.56 Å². The van der Waals surface area contributed by atoms with Crippen molar-refractivity contribution in [3.8, 4) is 5.75 Å². The summed E-state index contributed by atoms with van der Waals surface area (Å²) in [6.45, 7) is 7.60. The van der Waals surface area contributed by atoms with E-state index in [1.807, 2.05) is 72.8 Å². The average Bonchev–Trinajstić information content (AvgIpc) is 3.07. The van der Waals surface area contributed by atoms with E-state index in [1.54, 1.807) is 6.07 Å². The van der Waals surface area contributed by atoms with E-state index >= 15 is 0 Å². The number of amides is 1. The Morgan fingerprint density at radius 2 is 1.96 bits per heavy atom. The van der Waals surface area contributed by atoms with E-state index in [4.69, 9.17) is 9.47 Å². The Balaban J connectivity index is 1.45. The molecule has 1 aliphatic rings. The third kappa shape index (κ3) is 4.02. The molecule has 6 heteroatoms. The fraction of sp³-hybridized carbons (Fsp3) is 0.364. The number of rotatable bonds is 4. The summed E-state index contributed by atoms with van der Waals surface area (Å²) in [5, 5.41) is 0. The van der Waals surface area contributed by atoms with Gasteiger partial charge in [0.15, 0.2) is 0 Å². The predicted molar refractivity (Wildman–Crippen MR) is 107 cm³/mol. The van der Waals surface area contributed by atoms with Crippen molar-refractivity contribution < 1.29 is 14.3 Å². The number of carbonyl (C=O) groups is 1. The Kier molecular flexibility index (Phi) is 5.05. The molecule has 1 aliphatic heterocycles. The number of morpholine rings is 1. The van der Waals surface area contributed by atoms with Gasteiger partial charge in [-0.05, 0) is 50.6 Å². The number of imidazole rings is 1.